The predicted octanol–water partition coefficient (Wildman–Crippen LogP) is 0.615. The molecule has 0 aromatic rings. The summed E-state index contributed by atoms with van der Waals surface area (Å²) >= 11 is 0.923. The van der Waals surface area contributed by atoms with Gasteiger partial charge in [-0.05, 0) is 0 Å². The zero-order valence-electron chi connectivity index (χ0n) is 7.46. The van der Waals surface area contributed by atoms with E-state index in [9.17, 15) is 0 Å². The molecule has 1 aliphatic heterocycles. The van der Waals surface area contributed by atoms with Gasteiger partial charge in [-0.2, -0.15) is 0 Å². The van der Waals surface area contributed by atoms with Crippen LogP contribution in [0.15, 0.2) is 0 Å². The number of hydrogen-bond acceptors (Lipinski definition) is 2. The Kier molecular flexibility index (Phi) is 2.75. The van der Waals surface area contributed by atoms with E-state index < -0.39 is 0 Å². The summed E-state index contributed by atoms with van der Waals surface area (Å²) in [4.78, 5) is 2.55. The van der Waals surface area contributed by atoms with E-state index in [4.69, 9.17) is 5.11 Å². The van der Waals surface area contributed by atoms with Crippen LogP contribution in [0.1, 0.15) is 12.8 Å². The molecular weight excluding hydrogens is 217 g/mol. The molecular formula is C9H17NOSe. The van der Waals surface area contributed by atoms with Crippen LogP contribution in [0.5, 0.6) is 0 Å². The normalized spacial score (nSPS) is 28.8. The van der Waals surface area contributed by atoms with Crippen LogP contribution in [-0.4, -0.2) is 51.2 Å². The van der Waals surface area contributed by atoms with Crippen LogP contribution in [0.3, 0.4) is 0 Å². The van der Waals surface area contributed by atoms with E-state index in [-0.39, 0.29) is 0 Å². The Bertz CT molecular complexity index is 153. The first kappa shape index (κ1) is 9.01. The summed E-state index contributed by atoms with van der Waals surface area (Å²) < 4.78 is 0. The third-order valence-corrected chi connectivity index (χ3v) is 4.93. The molecule has 2 aliphatic rings. The van der Waals surface area contributed by atoms with Crippen molar-refractivity contribution in [3.05, 3.63) is 0 Å². The minimum atomic E-state index is 0.338. The van der Waals surface area contributed by atoms with Crippen LogP contribution in [0.2, 0.25) is 10.6 Å². The van der Waals surface area contributed by atoms with Gasteiger partial charge in [-0.15, -0.1) is 0 Å². The molecule has 0 bridgehead atoms. The molecule has 0 aromatic carbocycles. The molecule has 0 unspecified atom stereocenters. The monoisotopic (exact) mass is 235 g/mol. The summed E-state index contributed by atoms with van der Waals surface area (Å²) in [6.07, 6.45) is 2.51. The van der Waals surface area contributed by atoms with Crippen molar-refractivity contribution in [2.24, 2.45) is 5.41 Å². The molecule has 3 heteroatoms. The van der Waals surface area contributed by atoms with Crippen LogP contribution in [-0.2, 0) is 0 Å². The van der Waals surface area contributed by atoms with E-state index in [1.165, 1.54) is 43.1 Å². The van der Waals surface area contributed by atoms with Crippen LogP contribution in [0, 0.1) is 5.41 Å². The molecule has 0 spiro atoms. The first-order valence-electron chi connectivity index (χ1n) is 4.76. The summed E-state index contributed by atoms with van der Waals surface area (Å²) in [6, 6.07) is 0. The molecule has 2 nitrogen and oxygen atoms in total. The van der Waals surface area contributed by atoms with Crippen LogP contribution in [0.4, 0.5) is 0 Å². The summed E-state index contributed by atoms with van der Waals surface area (Å²) in [7, 11) is 0. The second-order valence-electron chi connectivity index (χ2n) is 4.05. The minimum absolute atomic E-state index is 0.338. The number of rotatable bonds is 3. The van der Waals surface area contributed by atoms with Crippen molar-refractivity contribution in [1.82, 2.24) is 4.90 Å². The Hall–Kier alpha value is 0.439. The fraction of sp³-hybridized carbons (Fsp3) is 1.00. The van der Waals surface area contributed by atoms with Gasteiger partial charge in [-0.1, -0.05) is 0 Å². The van der Waals surface area contributed by atoms with E-state index in [2.05, 4.69) is 4.90 Å². The average molecular weight is 234 g/mol. The van der Waals surface area contributed by atoms with E-state index in [1.807, 2.05) is 0 Å². The van der Waals surface area contributed by atoms with Crippen molar-refractivity contribution >= 4 is 15.0 Å². The number of aliphatic hydroxyl groups is 1. The zero-order chi connectivity index (χ0) is 8.44. The molecule has 1 aliphatic carbocycles. The number of aliphatic hydroxyl groups excluding tert-OH is 1. The van der Waals surface area contributed by atoms with Crippen LogP contribution in [0.25, 0.3) is 0 Å². The predicted molar refractivity (Wildman–Crippen MR) is 50.6 cm³/mol. The van der Waals surface area contributed by atoms with Gasteiger partial charge in [-0.3, -0.25) is 0 Å². The third kappa shape index (κ3) is 2.02. The SMILES string of the molecule is OCC1(CN2CC[Se]CC2)CC1. The molecule has 70 valence electrons. The quantitative estimate of drug-likeness (QED) is 0.723. The van der Waals surface area contributed by atoms with Crippen molar-refractivity contribution in [3.63, 3.8) is 0 Å². The second-order valence-corrected chi connectivity index (χ2v) is 6.62. The topological polar surface area (TPSA) is 23.5 Å². The van der Waals surface area contributed by atoms with Gasteiger partial charge in [0.25, 0.3) is 0 Å². The average Bonchev–Trinajstić information content (AvgIpc) is 2.88. The van der Waals surface area contributed by atoms with E-state index >= 15 is 0 Å². The Morgan fingerprint density at radius 1 is 1.25 bits per heavy atom. The molecule has 0 atom stereocenters. The summed E-state index contributed by atoms with van der Waals surface area (Å²) in [5.41, 5.74) is 0.338. The van der Waals surface area contributed by atoms with Gasteiger partial charge in [0.15, 0.2) is 0 Å². The molecule has 1 N–H and O–H groups in total. The standard InChI is InChI=1S/C9H17NOSe/c11-8-9(1-2-9)7-10-3-5-12-6-4-10/h11H,1-8H2. The first-order chi connectivity index (χ1) is 5.85. The first-order valence-corrected chi connectivity index (χ1v) is 7.18. The Labute approximate surface area is 80.5 Å². The maximum absolute atomic E-state index is 9.16. The number of nitrogens with zero attached hydrogens (tertiary/aromatic N) is 1. The fourth-order valence-electron chi connectivity index (χ4n) is 1.78. The molecule has 1 saturated carbocycles. The number of hydrogen-bond donors (Lipinski definition) is 1. The molecule has 12 heavy (non-hydrogen) atoms. The van der Waals surface area contributed by atoms with Crippen molar-refractivity contribution in [3.8, 4) is 0 Å². The molecule has 2 rings (SSSR count). The van der Waals surface area contributed by atoms with Crippen molar-refractivity contribution < 1.29 is 5.11 Å². The van der Waals surface area contributed by atoms with Crippen molar-refractivity contribution in [1.29, 1.82) is 0 Å². The molecule has 0 amide bonds. The third-order valence-electron chi connectivity index (χ3n) is 2.96. The fourth-order valence-corrected chi connectivity index (χ4v) is 3.83. The van der Waals surface area contributed by atoms with Gasteiger partial charge < -0.3 is 0 Å². The molecule has 1 saturated heterocycles. The van der Waals surface area contributed by atoms with Crippen molar-refractivity contribution in [2.45, 2.75) is 23.5 Å². The van der Waals surface area contributed by atoms with Gasteiger partial charge in [0.1, 0.15) is 0 Å². The van der Waals surface area contributed by atoms with Gasteiger partial charge in [0, 0.05) is 0 Å². The Morgan fingerprint density at radius 3 is 2.42 bits per heavy atom. The summed E-state index contributed by atoms with van der Waals surface area (Å²) in [5, 5.41) is 12.0. The Morgan fingerprint density at radius 2 is 1.92 bits per heavy atom. The second kappa shape index (κ2) is 3.67. The Balaban J connectivity index is 1.77. The van der Waals surface area contributed by atoms with Gasteiger partial charge in [0.05, 0.1) is 0 Å². The molecule has 1 heterocycles. The van der Waals surface area contributed by atoms with E-state index in [1.54, 1.807) is 0 Å². The zero-order valence-corrected chi connectivity index (χ0v) is 9.17. The van der Waals surface area contributed by atoms with E-state index in [0.717, 1.165) is 15.0 Å². The molecule has 2 fully saturated rings. The summed E-state index contributed by atoms with van der Waals surface area (Å²) in [6.45, 7) is 4.16. The van der Waals surface area contributed by atoms with Gasteiger partial charge in [-0.25, -0.2) is 0 Å². The van der Waals surface area contributed by atoms with Crippen LogP contribution >= 0.6 is 0 Å². The summed E-state index contributed by atoms with van der Waals surface area (Å²) in [5.74, 6) is 0. The van der Waals surface area contributed by atoms with Crippen LogP contribution < -0.4 is 0 Å². The van der Waals surface area contributed by atoms with E-state index in [0.29, 0.717) is 12.0 Å². The van der Waals surface area contributed by atoms with Crippen molar-refractivity contribution in [2.75, 3.05) is 26.2 Å². The molecule has 0 aromatic heterocycles. The van der Waals surface area contributed by atoms with Gasteiger partial charge >= 0.3 is 80.1 Å². The van der Waals surface area contributed by atoms with Gasteiger partial charge in [0.2, 0.25) is 0 Å². The maximum atomic E-state index is 9.16. The molecule has 0 radical (unpaired) electrons.